The molecule has 0 saturated carbocycles. The summed E-state index contributed by atoms with van der Waals surface area (Å²) < 4.78 is 27.2. The van der Waals surface area contributed by atoms with Gasteiger partial charge >= 0.3 is 0 Å². The Balaban J connectivity index is 1.77. The third-order valence-electron chi connectivity index (χ3n) is 4.09. The van der Waals surface area contributed by atoms with Crippen LogP contribution < -0.4 is 14.3 Å². The molecule has 0 spiro atoms. The molecule has 0 bridgehead atoms. The second-order valence-corrected chi connectivity index (χ2v) is 7.40. The van der Waals surface area contributed by atoms with Crippen molar-refractivity contribution in [1.82, 2.24) is 4.68 Å². The van der Waals surface area contributed by atoms with Gasteiger partial charge in [-0.3, -0.25) is 4.99 Å². The molecule has 0 fully saturated rings. The number of benzene rings is 2. The zero-order valence-corrected chi connectivity index (χ0v) is 16.4. The maximum absolute atomic E-state index is 14.4. The van der Waals surface area contributed by atoms with Crippen LogP contribution in [0, 0.1) is 5.82 Å². The highest BCUT2D eigenvalue weighted by Gasteiger charge is 2.13. The molecule has 7 heteroatoms. The summed E-state index contributed by atoms with van der Waals surface area (Å²) in [6, 6.07) is 12.4. The van der Waals surface area contributed by atoms with E-state index in [1.807, 2.05) is 43.5 Å². The number of fused-ring (bicyclic) bond motifs is 1. The van der Waals surface area contributed by atoms with Gasteiger partial charge in [-0.2, -0.15) is 5.10 Å². The number of rotatable bonds is 4. The van der Waals surface area contributed by atoms with E-state index in [1.165, 1.54) is 17.4 Å². The summed E-state index contributed by atoms with van der Waals surface area (Å²) >= 11 is 1.44. The van der Waals surface area contributed by atoms with Crippen LogP contribution in [-0.2, 0) is 0 Å². The minimum atomic E-state index is -0.292. The molecule has 5 nitrogen and oxygen atoms in total. The fraction of sp³-hybridized carbons (Fsp3) is 0.238. The fourth-order valence-electron chi connectivity index (χ4n) is 2.84. The Morgan fingerprint density at radius 3 is 2.68 bits per heavy atom. The Kier molecular flexibility index (Phi) is 5.25. The third-order valence-corrected chi connectivity index (χ3v) is 4.92. The Morgan fingerprint density at radius 2 is 1.89 bits per heavy atom. The van der Waals surface area contributed by atoms with Gasteiger partial charge < -0.3 is 9.47 Å². The first-order valence-electron chi connectivity index (χ1n) is 9.05. The van der Waals surface area contributed by atoms with Crippen LogP contribution in [0.5, 0.6) is 11.5 Å². The van der Waals surface area contributed by atoms with Crippen LogP contribution in [0.1, 0.15) is 19.4 Å². The van der Waals surface area contributed by atoms with E-state index in [2.05, 4.69) is 10.1 Å². The van der Waals surface area contributed by atoms with Crippen molar-refractivity contribution in [2.24, 2.45) is 10.1 Å². The standard InChI is InChI=1S/C21H20FN3O2S/c1-14(2)24-21-25(18(13-28-21)16-5-3-4-6-17(16)22)23-12-15-7-8-19-20(11-15)27-10-9-26-19/h3-8,11-14H,9-10H2,1-2H3/b23-12-,24-21?. The van der Waals surface area contributed by atoms with Crippen molar-refractivity contribution in [3.05, 3.63) is 64.0 Å². The molecule has 3 aromatic rings. The topological polar surface area (TPSA) is 48.1 Å². The first-order valence-corrected chi connectivity index (χ1v) is 9.93. The van der Waals surface area contributed by atoms with Crippen LogP contribution >= 0.6 is 11.3 Å². The second kappa shape index (κ2) is 7.98. The van der Waals surface area contributed by atoms with Gasteiger partial charge in [0.15, 0.2) is 11.5 Å². The number of aromatic nitrogens is 1. The maximum Gasteiger partial charge on any atom is 0.206 e. The van der Waals surface area contributed by atoms with E-state index in [1.54, 1.807) is 23.0 Å². The highest BCUT2D eigenvalue weighted by atomic mass is 32.1. The van der Waals surface area contributed by atoms with Crippen molar-refractivity contribution < 1.29 is 13.9 Å². The van der Waals surface area contributed by atoms with E-state index in [0.717, 1.165) is 11.3 Å². The van der Waals surface area contributed by atoms with Crippen molar-refractivity contribution in [3.8, 4) is 22.8 Å². The molecule has 0 radical (unpaired) electrons. The summed E-state index contributed by atoms with van der Waals surface area (Å²) in [5, 5.41) is 6.48. The zero-order valence-electron chi connectivity index (χ0n) is 15.6. The number of hydrogen-bond donors (Lipinski definition) is 0. The predicted octanol–water partition coefficient (Wildman–Crippen LogP) is 4.32. The van der Waals surface area contributed by atoms with Crippen LogP contribution in [0.4, 0.5) is 4.39 Å². The van der Waals surface area contributed by atoms with Gasteiger partial charge in [0.05, 0.1) is 11.9 Å². The Hall–Kier alpha value is -2.93. The summed E-state index contributed by atoms with van der Waals surface area (Å²) in [5.74, 6) is 1.14. The molecule has 0 aliphatic carbocycles. The van der Waals surface area contributed by atoms with Crippen molar-refractivity contribution in [1.29, 1.82) is 0 Å². The van der Waals surface area contributed by atoms with Crippen LogP contribution in [0.15, 0.2) is 57.9 Å². The van der Waals surface area contributed by atoms with Gasteiger partial charge in [-0.15, -0.1) is 11.3 Å². The summed E-state index contributed by atoms with van der Waals surface area (Å²) in [4.78, 5) is 5.33. The van der Waals surface area contributed by atoms with Crippen LogP contribution in [0.3, 0.4) is 0 Å². The molecule has 2 aromatic carbocycles. The number of nitrogens with zero attached hydrogens (tertiary/aromatic N) is 3. The van der Waals surface area contributed by atoms with E-state index < -0.39 is 0 Å². The molecule has 0 atom stereocenters. The molecule has 1 aromatic heterocycles. The van der Waals surface area contributed by atoms with Gasteiger partial charge in [0, 0.05) is 17.0 Å². The highest BCUT2D eigenvalue weighted by Crippen LogP contribution is 2.30. The van der Waals surface area contributed by atoms with E-state index in [9.17, 15) is 4.39 Å². The van der Waals surface area contributed by atoms with E-state index in [0.29, 0.717) is 35.0 Å². The van der Waals surface area contributed by atoms with Crippen molar-refractivity contribution in [3.63, 3.8) is 0 Å². The number of thiazole rings is 1. The van der Waals surface area contributed by atoms with Crippen molar-refractivity contribution >= 4 is 17.6 Å². The maximum atomic E-state index is 14.4. The Bertz CT molecular complexity index is 1090. The molecule has 144 valence electrons. The first-order chi connectivity index (χ1) is 13.6. The van der Waals surface area contributed by atoms with E-state index >= 15 is 0 Å². The van der Waals surface area contributed by atoms with Gasteiger partial charge in [-0.25, -0.2) is 9.07 Å². The third kappa shape index (κ3) is 3.84. The van der Waals surface area contributed by atoms with Crippen molar-refractivity contribution in [2.75, 3.05) is 13.2 Å². The summed E-state index contributed by atoms with van der Waals surface area (Å²) in [6.07, 6.45) is 1.72. The smallest absolute Gasteiger partial charge is 0.206 e. The van der Waals surface area contributed by atoms with Gasteiger partial charge in [-0.05, 0) is 49.7 Å². The first kappa shape index (κ1) is 18.4. The quantitative estimate of drug-likeness (QED) is 0.616. The molecular weight excluding hydrogens is 377 g/mol. The van der Waals surface area contributed by atoms with E-state index in [4.69, 9.17) is 9.47 Å². The average molecular weight is 397 g/mol. The molecule has 0 amide bonds. The molecule has 1 aliphatic heterocycles. The minimum Gasteiger partial charge on any atom is -0.486 e. The molecule has 1 aliphatic rings. The number of ether oxygens (including phenoxy) is 2. The Labute approximate surface area is 166 Å². The SMILES string of the molecule is CC(C)N=c1scc(-c2ccccc2F)n1/N=C\c1ccc2c(c1)OCCO2. The van der Waals surface area contributed by atoms with Crippen molar-refractivity contribution in [2.45, 2.75) is 19.9 Å². The average Bonchev–Trinajstić information content (AvgIpc) is 3.08. The number of hydrogen-bond acceptors (Lipinski definition) is 5. The molecular formula is C21H20FN3O2S. The molecule has 28 heavy (non-hydrogen) atoms. The minimum absolute atomic E-state index is 0.0999. The van der Waals surface area contributed by atoms with Gasteiger partial charge in [0.1, 0.15) is 19.0 Å². The van der Waals surface area contributed by atoms with Crippen LogP contribution in [0.2, 0.25) is 0 Å². The molecule has 0 N–H and O–H groups in total. The van der Waals surface area contributed by atoms with Crippen LogP contribution in [0.25, 0.3) is 11.3 Å². The van der Waals surface area contributed by atoms with Gasteiger partial charge in [0.2, 0.25) is 4.80 Å². The molecule has 2 heterocycles. The van der Waals surface area contributed by atoms with E-state index in [-0.39, 0.29) is 11.9 Å². The lowest BCUT2D eigenvalue weighted by molar-refractivity contribution is 0.171. The lowest BCUT2D eigenvalue weighted by Crippen LogP contribution is -2.16. The molecule has 0 unspecified atom stereocenters. The fourth-order valence-corrected chi connectivity index (χ4v) is 3.80. The monoisotopic (exact) mass is 397 g/mol. The summed E-state index contributed by atoms with van der Waals surface area (Å²) in [7, 11) is 0. The summed E-state index contributed by atoms with van der Waals surface area (Å²) in [6.45, 7) is 5.08. The zero-order chi connectivity index (χ0) is 19.5. The normalized spacial score (nSPS) is 14.2. The largest absolute Gasteiger partial charge is 0.486 e. The van der Waals surface area contributed by atoms with Crippen LogP contribution in [-0.4, -0.2) is 30.1 Å². The summed E-state index contributed by atoms with van der Waals surface area (Å²) in [5.41, 5.74) is 2.01. The van der Waals surface area contributed by atoms with Gasteiger partial charge in [-0.1, -0.05) is 12.1 Å². The Morgan fingerprint density at radius 1 is 1.11 bits per heavy atom. The van der Waals surface area contributed by atoms with Gasteiger partial charge in [0.25, 0.3) is 0 Å². The number of halogens is 1. The second-order valence-electron chi connectivity index (χ2n) is 6.57. The lowest BCUT2D eigenvalue weighted by atomic mass is 10.1. The molecule has 0 saturated heterocycles. The molecule has 4 rings (SSSR count). The lowest BCUT2D eigenvalue weighted by Gasteiger charge is -2.18. The highest BCUT2D eigenvalue weighted by molar-refractivity contribution is 7.07. The predicted molar refractivity (Wildman–Crippen MR) is 109 cm³/mol.